The van der Waals surface area contributed by atoms with Gasteiger partial charge < -0.3 is 20.6 Å². The van der Waals surface area contributed by atoms with E-state index in [1.54, 1.807) is 30.6 Å². The average Bonchev–Trinajstić information content (AvgIpc) is 2.80. The van der Waals surface area contributed by atoms with Gasteiger partial charge in [-0.05, 0) is 29.8 Å². The van der Waals surface area contributed by atoms with Crippen molar-refractivity contribution in [1.29, 1.82) is 0 Å². The Labute approximate surface area is 109 Å². The molecule has 3 aromatic heterocycles. The fourth-order valence-corrected chi connectivity index (χ4v) is 1.84. The van der Waals surface area contributed by atoms with Gasteiger partial charge in [-0.3, -0.25) is 0 Å². The molecule has 0 radical (unpaired) electrons. The van der Waals surface area contributed by atoms with E-state index >= 15 is 0 Å². The maximum absolute atomic E-state index is 9.08. The number of nitrogens with one attached hydrogen (secondary N) is 1. The molecule has 0 fully saturated rings. The molecule has 0 bridgehead atoms. The molecule has 0 aliphatic carbocycles. The first kappa shape index (κ1) is 11.5. The van der Waals surface area contributed by atoms with E-state index in [2.05, 4.69) is 15.3 Å². The van der Waals surface area contributed by atoms with E-state index in [-0.39, 0.29) is 6.61 Å². The van der Waals surface area contributed by atoms with Crippen LogP contribution in [-0.4, -0.2) is 19.5 Å². The number of anilines is 3. The minimum Gasteiger partial charge on any atom is -0.398 e. The molecule has 19 heavy (non-hydrogen) atoms. The van der Waals surface area contributed by atoms with Crippen molar-refractivity contribution in [2.45, 2.75) is 6.61 Å². The van der Waals surface area contributed by atoms with E-state index in [0.717, 1.165) is 11.2 Å². The quantitative estimate of drug-likeness (QED) is 0.660. The molecule has 0 aliphatic heterocycles. The van der Waals surface area contributed by atoms with Crippen LogP contribution in [0.5, 0.6) is 0 Å². The Morgan fingerprint density at radius 2 is 2.11 bits per heavy atom. The van der Waals surface area contributed by atoms with Gasteiger partial charge in [0.05, 0.1) is 12.8 Å². The Kier molecular flexibility index (Phi) is 2.77. The molecular formula is C13H13N5O. The molecule has 0 aliphatic rings. The van der Waals surface area contributed by atoms with Gasteiger partial charge in [0, 0.05) is 18.1 Å². The number of nitrogens with two attached hydrogens (primary N) is 1. The number of aromatic nitrogens is 3. The van der Waals surface area contributed by atoms with Crippen LogP contribution in [0.4, 0.5) is 17.3 Å². The maximum Gasteiger partial charge on any atom is 0.150 e. The fourth-order valence-electron chi connectivity index (χ4n) is 1.84. The second-order valence-corrected chi connectivity index (χ2v) is 4.19. The second-order valence-electron chi connectivity index (χ2n) is 4.19. The standard InChI is InChI=1S/C13H13N5O/c14-10-1-2-13-17-12(7-18(13)6-10)16-11-5-9(8-19)3-4-15-11/h1-7,19H,8,14H2,(H,15,16). The monoisotopic (exact) mass is 255 g/mol. The molecule has 6 nitrogen and oxygen atoms in total. The van der Waals surface area contributed by atoms with Crippen LogP contribution in [0.3, 0.4) is 0 Å². The smallest absolute Gasteiger partial charge is 0.150 e. The van der Waals surface area contributed by atoms with Gasteiger partial charge in [0.2, 0.25) is 0 Å². The predicted octanol–water partition coefficient (Wildman–Crippen LogP) is 1.55. The van der Waals surface area contributed by atoms with Gasteiger partial charge >= 0.3 is 0 Å². The molecule has 3 heterocycles. The number of nitrogens with zero attached hydrogens (tertiary/aromatic N) is 3. The SMILES string of the molecule is Nc1ccc2nc(Nc3cc(CO)ccn3)cn2c1. The zero-order valence-electron chi connectivity index (χ0n) is 10.1. The highest BCUT2D eigenvalue weighted by atomic mass is 16.3. The molecule has 3 aromatic rings. The average molecular weight is 255 g/mol. The van der Waals surface area contributed by atoms with E-state index in [4.69, 9.17) is 10.8 Å². The number of hydrogen-bond donors (Lipinski definition) is 3. The number of hydrogen-bond acceptors (Lipinski definition) is 5. The molecular weight excluding hydrogens is 242 g/mol. The Bertz CT molecular complexity index is 722. The van der Waals surface area contributed by atoms with E-state index in [0.29, 0.717) is 17.3 Å². The topological polar surface area (TPSA) is 88.5 Å². The molecule has 0 amide bonds. The summed E-state index contributed by atoms with van der Waals surface area (Å²) in [5, 5.41) is 12.2. The van der Waals surface area contributed by atoms with Gasteiger partial charge in [0.25, 0.3) is 0 Å². The summed E-state index contributed by atoms with van der Waals surface area (Å²) >= 11 is 0. The normalized spacial score (nSPS) is 10.8. The lowest BCUT2D eigenvalue weighted by Gasteiger charge is -2.02. The summed E-state index contributed by atoms with van der Waals surface area (Å²) in [7, 11) is 0. The number of fused-ring (bicyclic) bond motifs is 1. The van der Waals surface area contributed by atoms with Crippen molar-refractivity contribution in [3.63, 3.8) is 0 Å². The van der Waals surface area contributed by atoms with Crippen molar-refractivity contribution in [2.24, 2.45) is 0 Å². The third-order valence-corrected chi connectivity index (χ3v) is 2.74. The Hall–Kier alpha value is -2.60. The van der Waals surface area contributed by atoms with Crippen molar-refractivity contribution in [3.05, 3.63) is 48.4 Å². The summed E-state index contributed by atoms with van der Waals surface area (Å²) in [4.78, 5) is 8.57. The molecule has 0 saturated heterocycles. The van der Waals surface area contributed by atoms with E-state index in [1.165, 1.54) is 0 Å². The van der Waals surface area contributed by atoms with Crippen LogP contribution >= 0.6 is 0 Å². The van der Waals surface area contributed by atoms with Gasteiger partial charge in [0.15, 0.2) is 5.82 Å². The largest absolute Gasteiger partial charge is 0.398 e. The number of aliphatic hydroxyl groups is 1. The summed E-state index contributed by atoms with van der Waals surface area (Å²) in [6.07, 6.45) is 5.27. The summed E-state index contributed by atoms with van der Waals surface area (Å²) in [5.41, 5.74) is 7.99. The van der Waals surface area contributed by atoms with Crippen LogP contribution < -0.4 is 11.1 Å². The van der Waals surface area contributed by atoms with Crippen LogP contribution in [0.15, 0.2) is 42.9 Å². The number of rotatable bonds is 3. The van der Waals surface area contributed by atoms with Gasteiger partial charge in [-0.25, -0.2) is 9.97 Å². The van der Waals surface area contributed by atoms with Crippen molar-refractivity contribution >= 4 is 23.0 Å². The summed E-state index contributed by atoms with van der Waals surface area (Å²) in [5.74, 6) is 1.32. The number of pyridine rings is 2. The number of aliphatic hydroxyl groups excluding tert-OH is 1. The van der Waals surface area contributed by atoms with Crippen LogP contribution in [-0.2, 0) is 6.61 Å². The minimum absolute atomic E-state index is 0.0150. The third kappa shape index (κ3) is 2.34. The first-order valence-corrected chi connectivity index (χ1v) is 5.81. The van der Waals surface area contributed by atoms with Crippen LogP contribution in [0.25, 0.3) is 5.65 Å². The molecule has 0 unspecified atom stereocenters. The van der Waals surface area contributed by atoms with E-state index < -0.39 is 0 Å². The van der Waals surface area contributed by atoms with Crippen molar-refractivity contribution in [2.75, 3.05) is 11.1 Å². The Morgan fingerprint density at radius 1 is 1.21 bits per heavy atom. The number of nitrogen functional groups attached to an aromatic ring is 1. The highest BCUT2D eigenvalue weighted by Crippen LogP contribution is 2.16. The molecule has 6 heteroatoms. The van der Waals surface area contributed by atoms with Crippen LogP contribution in [0, 0.1) is 0 Å². The second kappa shape index (κ2) is 4.58. The predicted molar refractivity (Wildman–Crippen MR) is 73.0 cm³/mol. The van der Waals surface area contributed by atoms with E-state index in [1.807, 2.05) is 16.7 Å². The molecule has 3 rings (SSSR count). The zero-order chi connectivity index (χ0) is 13.2. The molecule has 96 valence electrons. The first-order valence-electron chi connectivity index (χ1n) is 5.81. The summed E-state index contributed by atoms with van der Waals surface area (Å²) < 4.78 is 1.84. The van der Waals surface area contributed by atoms with E-state index in [9.17, 15) is 0 Å². The van der Waals surface area contributed by atoms with Gasteiger partial charge in [0.1, 0.15) is 11.5 Å². The summed E-state index contributed by atoms with van der Waals surface area (Å²) in [6.45, 7) is -0.0150. The highest BCUT2D eigenvalue weighted by Gasteiger charge is 2.03. The molecule has 0 aromatic carbocycles. The minimum atomic E-state index is -0.0150. The van der Waals surface area contributed by atoms with Gasteiger partial charge in [-0.1, -0.05) is 0 Å². The molecule has 0 spiro atoms. The molecule has 0 atom stereocenters. The van der Waals surface area contributed by atoms with Crippen LogP contribution in [0.1, 0.15) is 5.56 Å². The lowest BCUT2D eigenvalue weighted by atomic mass is 10.3. The van der Waals surface area contributed by atoms with Gasteiger partial charge in [-0.2, -0.15) is 0 Å². The maximum atomic E-state index is 9.08. The zero-order valence-corrected chi connectivity index (χ0v) is 10.1. The van der Waals surface area contributed by atoms with Gasteiger partial charge in [-0.15, -0.1) is 0 Å². The molecule has 4 N–H and O–H groups in total. The Morgan fingerprint density at radius 3 is 2.95 bits per heavy atom. The fraction of sp³-hybridized carbons (Fsp3) is 0.0769. The summed E-state index contributed by atoms with van der Waals surface area (Å²) in [6, 6.07) is 7.18. The van der Waals surface area contributed by atoms with Crippen molar-refractivity contribution in [1.82, 2.24) is 14.4 Å². The number of imidazole rings is 1. The molecule has 0 saturated carbocycles. The first-order chi connectivity index (χ1) is 9.24. The highest BCUT2D eigenvalue weighted by molar-refractivity contribution is 5.58. The van der Waals surface area contributed by atoms with Crippen molar-refractivity contribution in [3.8, 4) is 0 Å². The van der Waals surface area contributed by atoms with Crippen LogP contribution in [0.2, 0.25) is 0 Å². The third-order valence-electron chi connectivity index (χ3n) is 2.74. The Balaban J connectivity index is 1.92. The lowest BCUT2D eigenvalue weighted by molar-refractivity contribution is 0.282. The lowest BCUT2D eigenvalue weighted by Crippen LogP contribution is -1.95. The van der Waals surface area contributed by atoms with Crippen molar-refractivity contribution < 1.29 is 5.11 Å².